The maximum Gasteiger partial charge on any atom is 0.123 e. The van der Waals surface area contributed by atoms with Crippen molar-refractivity contribution in [2.24, 2.45) is 5.73 Å². The van der Waals surface area contributed by atoms with Gasteiger partial charge in [-0.2, -0.15) is 0 Å². The summed E-state index contributed by atoms with van der Waals surface area (Å²) in [6, 6.07) is 8.14. The Labute approximate surface area is 108 Å². The quantitative estimate of drug-likeness (QED) is 0.944. The van der Waals surface area contributed by atoms with Gasteiger partial charge in [-0.3, -0.25) is 4.98 Å². The third kappa shape index (κ3) is 3.11. The largest absolute Gasteiger partial charge is 0.324 e. The summed E-state index contributed by atoms with van der Waals surface area (Å²) in [5.74, 6) is -0.270. The van der Waals surface area contributed by atoms with Crippen molar-refractivity contribution in [1.29, 1.82) is 0 Å². The maximum atomic E-state index is 13.2. The van der Waals surface area contributed by atoms with Crippen LogP contribution in [0, 0.1) is 5.82 Å². The van der Waals surface area contributed by atoms with E-state index < -0.39 is 0 Å². The van der Waals surface area contributed by atoms with Crippen LogP contribution in [-0.4, -0.2) is 4.98 Å². The van der Waals surface area contributed by atoms with Crippen LogP contribution in [0.4, 0.5) is 4.39 Å². The summed E-state index contributed by atoms with van der Waals surface area (Å²) in [6.45, 7) is 0. The van der Waals surface area contributed by atoms with Gasteiger partial charge in [-0.15, -0.1) is 0 Å². The van der Waals surface area contributed by atoms with Gasteiger partial charge in [0.1, 0.15) is 5.82 Å². The van der Waals surface area contributed by atoms with Crippen LogP contribution in [-0.2, 0) is 6.42 Å². The van der Waals surface area contributed by atoms with Gasteiger partial charge >= 0.3 is 0 Å². The lowest BCUT2D eigenvalue weighted by Gasteiger charge is -2.14. The van der Waals surface area contributed by atoms with Crippen molar-refractivity contribution in [3.05, 3.63) is 64.1 Å². The SMILES string of the molecule is NC(Cc1ccncc1)c1cc(F)ccc1Br. The Morgan fingerprint density at radius 1 is 1.24 bits per heavy atom. The molecule has 0 bridgehead atoms. The van der Waals surface area contributed by atoms with Gasteiger partial charge in [0.2, 0.25) is 0 Å². The van der Waals surface area contributed by atoms with Gasteiger partial charge in [-0.05, 0) is 47.9 Å². The minimum absolute atomic E-state index is 0.234. The van der Waals surface area contributed by atoms with E-state index >= 15 is 0 Å². The zero-order chi connectivity index (χ0) is 12.3. The number of nitrogens with two attached hydrogens (primary N) is 1. The van der Waals surface area contributed by atoms with E-state index in [1.165, 1.54) is 12.1 Å². The lowest BCUT2D eigenvalue weighted by Crippen LogP contribution is -2.14. The fourth-order valence-corrected chi connectivity index (χ4v) is 2.22. The lowest BCUT2D eigenvalue weighted by atomic mass is 10.0. The molecule has 1 aromatic heterocycles. The molecule has 0 aliphatic carbocycles. The van der Waals surface area contributed by atoms with Gasteiger partial charge in [-0.25, -0.2) is 4.39 Å². The smallest absolute Gasteiger partial charge is 0.123 e. The molecule has 0 saturated carbocycles. The topological polar surface area (TPSA) is 38.9 Å². The van der Waals surface area contributed by atoms with Crippen LogP contribution in [0.25, 0.3) is 0 Å². The predicted octanol–water partition coefficient (Wildman–Crippen LogP) is 3.23. The van der Waals surface area contributed by atoms with Crippen LogP contribution in [0.15, 0.2) is 47.2 Å². The molecule has 0 radical (unpaired) electrons. The van der Waals surface area contributed by atoms with Gasteiger partial charge < -0.3 is 5.73 Å². The minimum atomic E-state index is -0.270. The first-order valence-corrected chi connectivity index (χ1v) is 6.05. The molecule has 1 aromatic carbocycles. The number of hydrogen-bond donors (Lipinski definition) is 1. The van der Waals surface area contributed by atoms with Crippen molar-refractivity contribution in [2.75, 3.05) is 0 Å². The molecule has 2 nitrogen and oxygen atoms in total. The van der Waals surface area contributed by atoms with Crippen molar-refractivity contribution in [2.45, 2.75) is 12.5 Å². The van der Waals surface area contributed by atoms with E-state index in [1.807, 2.05) is 12.1 Å². The van der Waals surface area contributed by atoms with Crippen molar-refractivity contribution in [3.63, 3.8) is 0 Å². The molecule has 2 aromatic rings. The minimum Gasteiger partial charge on any atom is -0.324 e. The van der Waals surface area contributed by atoms with Gasteiger partial charge in [0, 0.05) is 22.9 Å². The highest BCUT2D eigenvalue weighted by atomic mass is 79.9. The molecular formula is C13H12BrFN2. The van der Waals surface area contributed by atoms with E-state index in [2.05, 4.69) is 20.9 Å². The highest BCUT2D eigenvalue weighted by Gasteiger charge is 2.11. The van der Waals surface area contributed by atoms with Crippen LogP contribution < -0.4 is 5.73 Å². The Hall–Kier alpha value is -1.26. The first kappa shape index (κ1) is 12.2. The molecule has 4 heteroatoms. The van der Waals surface area contributed by atoms with Crippen LogP contribution in [0.5, 0.6) is 0 Å². The van der Waals surface area contributed by atoms with Crippen LogP contribution in [0.1, 0.15) is 17.2 Å². The first-order valence-electron chi connectivity index (χ1n) is 5.26. The molecule has 0 spiro atoms. The molecule has 0 amide bonds. The van der Waals surface area contributed by atoms with Gasteiger partial charge in [0.25, 0.3) is 0 Å². The summed E-state index contributed by atoms with van der Waals surface area (Å²) in [6.07, 6.45) is 4.11. The van der Waals surface area contributed by atoms with E-state index in [9.17, 15) is 4.39 Å². The Morgan fingerprint density at radius 2 is 1.94 bits per heavy atom. The molecule has 0 fully saturated rings. The van der Waals surface area contributed by atoms with Crippen molar-refractivity contribution >= 4 is 15.9 Å². The molecule has 0 aliphatic heterocycles. The summed E-state index contributed by atoms with van der Waals surface area (Å²) in [4.78, 5) is 3.95. The second kappa shape index (κ2) is 5.38. The summed E-state index contributed by atoms with van der Waals surface area (Å²) < 4.78 is 14.0. The molecule has 1 heterocycles. The predicted molar refractivity (Wildman–Crippen MR) is 69.0 cm³/mol. The number of halogens is 2. The van der Waals surface area contributed by atoms with Crippen molar-refractivity contribution in [3.8, 4) is 0 Å². The fourth-order valence-electron chi connectivity index (χ4n) is 1.68. The number of rotatable bonds is 3. The van der Waals surface area contributed by atoms with Gasteiger partial charge in [0.15, 0.2) is 0 Å². The van der Waals surface area contributed by atoms with Crippen LogP contribution in [0.3, 0.4) is 0 Å². The normalized spacial score (nSPS) is 12.4. The Morgan fingerprint density at radius 3 is 2.65 bits per heavy atom. The number of pyridine rings is 1. The van der Waals surface area contributed by atoms with Gasteiger partial charge in [-0.1, -0.05) is 15.9 Å². The average Bonchev–Trinajstić information content (AvgIpc) is 2.33. The number of aromatic nitrogens is 1. The molecule has 2 rings (SSSR count). The van der Waals surface area contributed by atoms with E-state index in [0.717, 1.165) is 15.6 Å². The van der Waals surface area contributed by atoms with Crippen molar-refractivity contribution < 1.29 is 4.39 Å². The molecule has 1 atom stereocenters. The molecule has 2 N–H and O–H groups in total. The lowest BCUT2D eigenvalue weighted by molar-refractivity contribution is 0.617. The second-order valence-corrected chi connectivity index (χ2v) is 4.69. The highest BCUT2D eigenvalue weighted by Crippen LogP contribution is 2.25. The van der Waals surface area contributed by atoms with Crippen LogP contribution >= 0.6 is 15.9 Å². The number of hydrogen-bond acceptors (Lipinski definition) is 2. The van der Waals surface area contributed by atoms with E-state index in [0.29, 0.717) is 6.42 Å². The molecule has 0 aliphatic rings. The first-order chi connectivity index (χ1) is 8.16. The number of benzene rings is 1. The maximum absolute atomic E-state index is 13.2. The van der Waals surface area contributed by atoms with E-state index in [-0.39, 0.29) is 11.9 Å². The summed E-state index contributed by atoms with van der Waals surface area (Å²) >= 11 is 3.39. The standard InChI is InChI=1S/C13H12BrFN2/c14-12-2-1-10(15)8-11(12)13(16)7-9-3-5-17-6-4-9/h1-6,8,13H,7,16H2. The zero-order valence-corrected chi connectivity index (χ0v) is 10.7. The number of nitrogens with zero attached hydrogens (tertiary/aromatic N) is 1. The third-order valence-corrected chi connectivity index (χ3v) is 3.28. The Bertz CT molecular complexity index is 502. The summed E-state index contributed by atoms with van der Waals surface area (Å²) in [5.41, 5.74) is 7.95. The zero-order valence-electron chi connectivity index (χ0n) is 9.11. The van der Waals surface area contributed by atoms with E-state index in [4.69, 9.17) is 5.73 Å². The molecule has 0 saturated heterocycles. The Balaban J connectivity index is 2.20. The highest BCUT2D eigenvalue weighted by molar-refractivity contribution is 9.10. The summed E-state index contributed by atoms with van der Waals surface area (Å²) in [7, 11) is 0. The van der Waals surface area contributed by atoms with E-state index in [1.54, 1.807) is 18.5 Å². The monoisotopic (exact) mass is 294 g/mol. The second-order valence-electron chi connectivity index (χ2n) is 3.83. The van der Waals surface area contributed by atoms with Gasteiger partial charge in [0.05, 0.1) is 0 Å². The average molecular weight is 295 g/mol. The third-order valence-electron chi connectivity index (χ3n) is 2.56. The van der Waals surface area contributed by atoms with Crippen LogP contribution in [0.2, 0.25) is 0 Å². The molecule has 1 unspecified atom stereocenters. The molecular weight excluding hydrogens is 283 g/mol. The Kier molecular flexibility index (Phi) is 3.86. The van der Waals surface area contributed by atoms with Crippen molar-refractivity contribution in [1.82, 2.24) is 4.98 Å². The summed E-state index contributed by atoms with van der Waals surface area (Å²) in [5, 5.41) is 0. The molecule has 88 valence electrons. The molecule has 17 heavy (non-hydrogen) atoms. The fraction of sp³-hybridized carbons (Fsp3) is 0.154.